The number of fused-ring (bicyclic) bond motifs is 6. The second-order valence-corrected chi connectivity index (χ2v) is 8.24. The molecule has 0 aliphatic carbocycles. The van der Waals surface area contributed by atoms with Crippen LogP contribution in [0.5, 0.6) is 0 Å². The minimum Gasteiger partial charge on any atom is -0.248 e. The number of hydrogen-bond donors (Lipinski definition) is 0. The van der Waals surface area contributed by atoms with E-state index in [2.05, 4.69) is 97.1 Å². The van der Waals surface area contributed by atoms with Gasteiger partial charge in [0.1, 0.15) is 0 Å². The highest BCUT2D eigenvalue weighted by Gasteiger charge is 2.23. The molecular formula is C30H18N2. The van der Waals surface area contributed by atoms with Crippen LogP contribution in [0.4, 0.5) is 11.4 Å². The molecule has 2 aliphatic heterocycles. The molecule has 0 saturated carbocycles. The van der Waals surface area contributed by atoms with E-state index in [1.54, 1.807) is 0 Å². The average molecular weight is 406 g/mol. The lowest BCUT2D eigenvalue weighted by Gasteiger charge is -2.11. The van der Waals surface area contributed by atoms with Crippen LogP contribution in [-0.2, 0) is 0 Å². The van der Waals surface area contributed by atoms with Gasteiger partial charge in [0, 0.05) is 21.6 Å². The molecule has 2 nitrogen and oxygen atoms in total. The van der Waals surface area contributed by atoms with E-state index in [9.17, 15) is 0 Å². The Morgan fingerprint density at radius 3 is 2.03 bits per heavy atom. The smallest absolute Gasteiger partial charge is 0.0817 e. The van der Waals surface area contributed by atoms with Crippen molar-refractivity contribution in [2.24, 2.45) is 9.98 Å². The van der Waals surface area contributed by atoms with Crippen molar-refractivity contribution in [1.29, 1.82) is 0 Å². The lowest BCUT2D eigenvalue weighted by molar-refractivity contribution is 1.36. The maximum absolute atomic E-state index is 5.01. The van der Waals surface area contributed by atoms with Crippen LogP contribution in [0.15, 0.2) is 119 Å². The standard InChI is InChI=1S/C30H18N2/c1-2-7-19(8-3-1)20-13-15-21(16-14-20)22-10-6-12-26-28(22)29-27(31-26)18-17-24-23-9-4-5-11-25(23)32-30(24)29/h1-18H. The van der Waals surface area contributed by atoms with E-state index in [-0.39, 0.29) is 0 Å². The normalized spacial score (nSPS) is 12.2. The molecule has 7 rings (SSSR count). The first kappa shape index (κ1) is 17.4. The van der Waals surface area contributed by atoms with Crippen LogP contribution in [0.25, 0.3) is 33.4 Å². The van der Waals surface area contributed by atoms with Gasteiger partial charge in [-0.15, -0.1) is 0 Å². The number of hydrogen-bond acceptors (Lipinski definition) is 2. The SMILES string of the molecule is c1ccc(-c2ccc(-c3cccc4c3-c3c5c(ccc3=N4)=c3ccccc3=N5)cc2)cc1. The summed E-state index contributed by atoms with van der Waals surface area (Å²) < 4.78 is 0. The largest absolute Gasteiger partial charge is 0.248 e. The van der Waals surface area contributed by atoms with E-state index < -0.39 is 0 Å². The molecule has 2 heterocycles. The third-order valence-corrected chi connectivity index (χ3v) is 6.42. The Balaban J connectivity index is 1.44. The fourth-order valence-corrected chi connectivity index (χ4v) is 4.91. The van der Waals surface area contributed by atoms with Crippen LogP contribution in [-0.4, -0.2) is 0 Å². The minimum absolute atomic E-state index is 1.00. The molecule has 2 heteroatoms. The Kier molecular flexibility index (Phi) is 3.58. The van der Waals surface area contributed by atoms with Gasteiger partial charge < -0.3 is 0 Å². The topological polar surface area (TPSA) is 24.7 Å². The summed E-state index contributed by atoms with van der Waals surface area (Å²) in [7, 11) is 0. The Morgan fingerprint density at radius 2 is 1.16 bits per heavy atom. The summed E-state index contributed by atoms with van der Waals surface area (Å²) in [6.45, 7) is 0. The zero-order chi connectivity index (χ0) is 21.1. The van der Waals surface area contributed by atoms with Crippen LogP contribution in [0.3, 0.4) is 0 Å². The fourth-order valence-electron chi connectivity index (χ4n) is 4.91. The van der Waals surface area contributed by atoms with Crippen molar-refractivity contribution < 1.29 is 0 Å². The van der Waals surface area contributed by atoms with Gasteiger partial charge in [-0.25, -0.2) is 9.98 Å². The van der Waals surface area contributed by atoms with Gasteiger partial charge in [-0.1, -0.05) is 84.9 Å². The zero-order valence-corrected chi connectivity index (χ0v) is 17.3. The van der Waals surface area contributed by atoms with Crippen LogP contribution < -0.4 is 10.7 Å². The molecule has 0 fully saturated rings. The third kappa shape index (κ3) is 2.47. The number of rotatable bonds is 2. The van der Waals surface area contributed by atoms with E-state index in [1.165, 1.54) is 38.3 Å². The van der Waals surface area contributed by atoms with Crippen molar-refractivity contribution in [2.45, 2.75) is 0 Å². The van der Waals surface area contributed by atoms with Gasteiger partial charge in [0.05, 0.1) is 22.1 Å². The van der Waals surface area contributed by atoms with Crippen LogP contribution >= 0.6 is 0 Å². The van der Waals surface area contributed by atoms with Crippen LogP contribution in [0.2, 0.25) is 0 Å². The molecule has 0 aromatic heterocycles. The predicted molar refractivity (Wildman–Crippen MR) is 128 cm³/mol. The molecule has 0 unspecified atom stereocenters. The molecule has 32 heavy (non-hydrogen) atoms. The second-order valence-electron chi connectivity index (χ2n) is 8.24. The lowest BCUT2D eigenvalue weighted by Crippen LogP contribution is -2.00. The van der Waals surface area contributed by atoms with E-state index in [0.29, 0.717) is 0 Å². The van der Waals surface area contributed by atoms with Gasteiger partial charge in [0.2, 0.25) is 0 Å². The summed E-state index contributed by atoms with van der Waals surface area (Å²) >= 11 is 0. The summed E-state index contributed by atoms with van der Waals surface area (Å²) in [6.07, 6.45) is 0. The average Bonchev–Trinajstić information content (AvgIpc) is 3.43. The Morgan fingerprint density at radius 1 is 0.406 bits per heavy atom. The van der Waals surface area contributed by atoms with Gasteiger partial charge in [0.25, 0.3) is 0 Å². The monoisotopic (exact) mass is 406 g/mol. The predicted octanol–water partition coefficient (Wildman–Crippen LogP) is 6.50. The summed E-state index contributed by atoms with van der Waals surface area (Å²) in [5.41, 5.74) is 9.23. The molecule has 0 bridgehead atoms. The molecule has 148 valence electrons. The highest BCUT2D eigenvalue weighted by Crippen LogP contribution is 2.45. The van der Waals surface area contributed by atoms with E-state index >= 15 is 0 Å². The molecular weight excluding hydrogens is 388 g/mol. The highest BCUT2D eigenvalue weighted by molar-refractivity contribution is 5.97. The van der Waals surface area contributed by atoms with E-state index in [4.69, 9.17) is 9.98 Å². The first-order valence-corrected chi connectivity index (χ1v) is 10.9. The minimum atomic E-state index is 1.00. The summed E-state index contributed by atoms with van der Waals surface area (Å²) in [6, 6.07) is 38.4. The molecule has 0 spiro atoms. The Labute approximate surface area is 185 Å². The van der Waals surface area contributed by atoms with Crippen molar-refractivity contribution in [3.63, 3.8) is 0 Å². The number of nitrogens with zero attached hydrogens (tertiary/aromatic N) is 2. The number of para-hydroxylation sites is 1. The van der Waals surface area contributed by atoms with Crippen molar-refractivity contribution in [2.75, 3.05) is 0 Å². The Hall–Kier alpha value is -4.30. The maximum atomic E-state index is 5.01. The first-order chi connectivity index (χ1) is 15.9. The molecule has 0 saturated heterocycles. The molecule has 0 N–H and O–H groups in total. The van der Waals surface area contributed by atoms with Crippen LogP contribution in [0.1, 0.15) is 0 Å². The molecule has 0 amide bonds. The molecule has 5 aromatic carbocycles. The fraction of sp³-hybridized carbons (Fsp3) is 0. The molecule has 0 radical (unpaired) electrons. The van der Waals surface area contributed by atoms with Gasteiger partial charge in [0.15, 0.2) is 0 Å². The summed E-state index contributed by atoms with van der Waals surface area (Å²) in [4.78, 5) is 9.96. The van der Waals surface area contributed by atoms with Crippen molar-refractivity contribution >= 4 is 11.4 Å². The molecule has 0 atom stereocenters. The van der Waals surface area contributed by atoms with Crippen molar-refractivity contribution in [3.8, 4) is 33.4 Å². The maximum Gasteiger partial charge on any atom is 0.0817 e. The lowest BCUT2D eigenvalue weighted by atomic mass is 9.92. The molecule has 2 aliphatic rings. The quantitative estimate of drug-likeness (QED) is 0.313. The van der Waals surface area contributed by atoms with Gasteiger partial charge >= 0.3 is 0 Å². The van der Waals surface area contributed by atoms with E-state index in [0.717, 1.165) is 27.7 Å². The first-order valence-electron chi connectivity index (χ1n) is 10.9. The van der Waals surface area contributed by atoms with E-state index in [1.807, 2.05) is 12.1 Å². The van der Waals surface area contributed by atoms with Crippen molar-refractivity contribution in [3.05, 3.63) is 130 Å². The number of benzene rings is 5. The second kappa shape index (κ2) is 6.60. The van der Waals surface area contributed by atoms with Crippen LogP contribution in [0, 0.1) is 10.4 Å². The molecule has 5 aromatic rings. The van der Waals surface area contributed by atoms with Gasteiger partial charge in [-0.3, -0.25) is 0 Å². The highest BCUT2D eigenvalue weighted by atomic mass is 14.8. The zero-order valence-electron chi connectivity index (χ0n) is 17.3. The summed E-state index contributed by atoms with van der Waals surface area (Å²) in [5.74, 6) is 0. The summed E-state index contributed by atoms with van der Waals surface area (Å²) in [5, 5.41) is 4.43. The Bertz CT molecular complexity index is 1750. The van der Waals surface area contributed by atoms with Gasteiger partial charge in [-0.05, 0) is 46.5 Å². The third-order valence-electron chi connectivity index (χ3n) is 6.42. The van der Waals surface area contributed by atoms with Gasteiger partial charge in [-0.2, -0.15) is 0 Å². The van der Waals surface area contributed by atoms with Crippen molar-refractivity contribution in [1.82, 2.24) is 0 Å².